The Labute approximate surface area is 387 Å². The number of ether oxygens (including phenoxy) is 3. The molecule has 0 saturated heterocycles. The maximum Gasteiger partial charge on any atom is 0.199 e. The number of hydrogen-bond acceptors (Lipinski definition) is 21. The number of benzene rings is 4. The van der Waals surface area contributed by atoms with Crippen molar-refractivity contribution in [1.82, 2.24) is 0 Å². The first-order valence-corrected chi connectivity index (χ1v) is 20.7. The first kappa shape index (κ1) is 46.8. The van der Waals surface area contributed by atoms with Gasteiger partial charge in [0.1, 0.15) is 88.1 Å². The quantitative estimate of drug-likeness (QED) is 0.110. The van der Waals surface area contributed by atoms with Crippen LogP contribution in [0.1, 0.15) is 92.7 Å². The Hall–Kier alpha value is -7.34. The lowest BCUT2D eigenvalue weighted by atomic mass is 9.66. The highest BCUT2D eigenvalue weighted by molar-refractivity contribution is 6.36. The Bertz CT molecular complexity index is 3240. The first-order valence-electron chi connectivity index (χ1n) is 20.7. The van der Waals surface area contributed by atoms with Crippen LogP contribution in [0.4, 0.5) is 0 Å². The second kappa shape index (κ2) is 15.1. The van der Waals surface area contributed by atoms with E-state index in [1.807, 2.05) is 0 Å². The van der Waals surface area contributed by atoms with E-state index in [4.69, 9.17) is 14.2 Å². The van der Waals surface area contributed by atoms with Crippen molar-refractivity contribution in [2.45, 2.75) is 68.6 Å². The van der Waals surface area contributed by atoms with Crippen LogP contribution >= 0.6 is 0 Å². The molecule has 8 atom stereocenters. The number of Topliss-reactive ketones (excluding diaryl/α,β-unsaturated/α-hetero) is 4. The van der Waals surface area contributed by atoms with E-state index in [9.17, 15) is 85.3 Å². The van der Waals surface area contributed by atoms with Gasteiger partial charge < -0.3 is 75.5 Å². The molecule has 4 aromatic rings. The highest BCUT2D eigenvalue weighted by Gasteiger charge is 2.58. The number of phenols is 4. The molecular weight excluding hydrogens is 913 g/mol. The van der Waals surface area contributed by atoms with Crippen molar-refractivity contribution in [3.8, 4) is 62.5 Å². The minimum Gasteiger partial charge on any atom is -0.507 e. The number of methoxy groups -OCH3 is 3. The summed E-state index contributed by atoms with van der Waals surface area (Å²) < 4.78 is 16.6. The van der Waals surface area contributed by atoms with Crippen molar-refractivity contribution in [2.75, 3.05) is 21.3 Å². The number of aryl methyl sites for hydroxylation is 1. The Kier molecular flexibility index (Phi) is 10.2. The minimum atomic E-state index is -2.66. The van der Waals surface area contributed by atoms with E-state index in [1.54, 1.807) is 0 Å². The van der Waals surface area contributed by atoms with Crippen LogP contribution in [-0.2, 0) is 0 Å². The molecule has 0 saturated carbocycles. The number of rotatable bonds is 5. The van der Waals surface area contributed by atoms with Crippen LogP contribution in [-0.4, -0.2) is 165 Å². The van der Waals surface area contributed by atoms with Crippen LogP contribution in [0.3, 0.4) is 0 Å². The molecule has 12 N–H and O–H groups in total. The summed E-state index contributed by atoms with van der Waals surface area (Å²) in [6, 6.07) is 3.70. The van der Waals surface area contributed by atoms with Gasteiger partial charge in [-0.25, -0.2) is 0 Å². The van der Waals surface area contributed by atoms with Gasteiger partial charge in [-0.05, 0) is 38.5 Å². The second-order valence-electron chi connectivity index (χ2n) is 17.7. The standard InChI is InChI=1S/C48H40O21/c1-11-7-12-19(26(33(11)51)24-18(69-6)10-15(50)22-28(24)40(58)32-30(38(22)56)42(60)46(64)48(3,66)44(32)62)35(53)20-13(34(12)52)8-16(67-4)25(36(20)54)23-17(68-5)9-14(49)21-27(23)39(57)31-29(37(21)55)41(59)45(63)47(2,65)43(31)61/h7-10,41-46,49-51,54,59-66H,1-6H3. The molecule has 0 radical (unpaired) electrons. The van der Waals surface area contributed by atoms with Gasteiger partial charge in [-0.3, -0.25) is 28.8 Å². The summed E-state index contributed by atoms with van der Waals surface area (Å²) in [5, 5.41) is 135. The van der Waals surface area contributed by atoms with Crippen molar-refractivity contribution in [3.05, 3.63) is 96.6 Å². The van der Waals surface area contributed by atoms with Crippen LogP contribution < -0.4 is 14.2 Å². The van der Waals surface area contributed by atoms with Crippen molar-refractivity contribution in [3.63, 3.8) is 0 Å². The summed E-state index contributed by atoms with van der Waals surface area (Å²) in [6.45, 7) is 3.05. The average molecular weight is 953 g/mol. The number of fused-ring (bicyclic) bond motifs is 4. The van der Waals surface area contributed by atoms with E-state index >= 15 is 4.79 Å². The Morgan fingerprint density at radius 2 is 0.797 bits per heavy atom. The van der Waals surface area contributed by atoms with Gasteiger partial charge in [-0.2, -0.15) is 0 Å². The smallest absolute Gasteiger partial charge is 0.199 e. The molecule has 0 spiro atoms. The molecule has 0 heterocycles. The largest absolute Gasteiger partial charge is 0.507 e. The molecule has 4 aromatic carbocycles. The predicted molar refractivity (Wildman–Crippen MR) is 230 cm³/mol. The number of carbonyl (C=O) groups excluding carboxylic acids is 6. The second-order valence-corrected chi connectivity index (χ2v) is 17.7. The molecule has 8 unspecified atom stereocenters. The summed E-state index contributed by atoms with van der Waals surface area (Å²) in [4.78, 5) is 88.1. The Morgan fingerprint density at radius 1 is 0.420 bits per heavy atom. The zero-order valence-corrected chi connectivity index (χ0v) is 36.8. The van der Waals surface area contributed by atoms with Crippen LogP contribution in [0.15, 0.2) is 46.6 Å². The highest BCUT2D eigenvalue weighted by Crippen LogP contribution is 2.57. The van der Waals surface area contributed by atoms with E-state index in [1.165, 1.54) is 6.92 Å². The predicted octanol–water partition coefficient (Wildman–Crippen LogP) is -0.00158. The third-order valence-corrected chi connectivity index (χ3v) is 13.9. The lowest BCUT2D eigenvalue weighted by molar-refractivity contribution is -0.158. The van der Waals surface area contributed by atoms with Gasteiger partial charge >= 0.3 is 0 Å². The molecule has 9 rings (SSSR count). The van der Waals surface area contributed by atoms with Crippen LogP contribution in [0.2, 0.25) is 0 Å². The molecule has 0 bridgehead atoms. The number of carbonyl (C=O) groups is 6. The van der Waals surface area contributed by atoms with E-state index in [-0.39, 0.29) is 5.56 Å². The molecule has 21 nitrogen and oxygen atoms in total. The fourth-order valence-electron chi connectivity index (χ4n) is 10.2. The Morgan fingerprint density at radius 3 is 1.22 bits per heavy atom. The topological polar surface area (TPSA) is 373 Å². The molecule has 358 valence electrons. The number of aliphatic hydroxyl groups is 8. The van der Waals surface area contributed by atoms with Crippen molar-refractivity contribution >= 4 is 34.7 Å². The van der Waals surface area contributed by atoms with Crippen LogP contribution in [0.25, 0.3) is 22.3 Å². The fraction of sp³-hybridized carbons (Fsp3) is 0.292. The third kappa shape index (κ3) is 5.74. The molecule has 0 aromatic heterocycles. The van der Waals surface area contributed by atoms with E-state index in [0.29, 0.717) is 0 Å². The summed E-state index contributed by atoms with van der Waals surface area (Å²) in [5.41, 5.74) is -17.7. The van der Waals surface area contributed by atoms with Crippen molar-refractivity contribution in [1.29, 1.82) is 0 Å². The molecule has 69 heavy (non-hydrogen) atoms. The molecule has 0 amide bonds. The van der Waals surface area contributed by atoms with Gasteiger partial charge in [-0.15, -0.1) is 0 Å². The van der Waals surface area contributed by atoms with Gasteiger partial charge in [0.25, 0.3) is 0 Å². The molecular formula is C48H40O21. The fourth-order valence-corrected chi connectivity index (χ4v) is 10.2. The lowest BCUT2D eigenvalue weighted by Gasteiger charge is -2.44. The van der Waals surface area contributed by atoms with Gasteiger partial charge in [0.15, 0.2) is 34.7 Å². The van der Waals surface area contributed by atoms with E-state index in [2.05, 4.69) is 0 Å². The monoisotopic (exact) mass is 952 g/mol. The zero-order valence-electron chi connectivity index (χ0n) is 36.8. The number of aliphatic hydroxyl groups excluding tert-OH is 6. The van der Waals surface area contributed by atoms with Gasteiger partial charge in [-0.1, -0.05) is 0 Å². The zero-order chi connectivity index (χ0) is 50.7. The minimum absolute atomic E-state index is 0.127. The van der Waals surface area contributed by atoms with Gasteiger partial charge in [0.2, 0.25) is 0 Å². The maximum atomic E-state index is 15.4. The third-order valence-electron chi connectivity index (χ3n) is 13.9. The maximum absolute atomic E-state index is 15.4. The molecule has 5 aliphatic carbocycles. The van der Waals surface area contributed by atoms with Crippen LogP contribution in [0.5, 0.6) is 40.2 Å². The summed E-state index contributed by atoms with van der Waals surface area (Å²) >= 11 is 0. The van der Waals surface area contributed by atoms with Gasteiger partial charge in [0.05, 0.1) is 43.6 Å². The number of hydrogen-bond donors (Lipinski definition) is 12. The number of phenolic OH excluding ortho intramolecular Hbond substituents is 4. The van der Waals surface area contributed by atoms with Gasteiger partial charge in [0, 0.05) is 78.9 Å². The summed E-state index contributed by atoms with van der Waals surface area (Å²) in [7, 11) is 3.13. The molecule has 0 fully saturated rings. The van der Waals surface area contributed by atoms with Crippen LogP contribution in [0, 0.1) is 6.92 Å². The summed E-state index contributed by atoms with van der Waals surface area (Å²) in [6.07, 6.45) is -13.7. The normalized spacial score (nSPS) is 27.1. The SMILES string of the molecule is COc1cc2c(c(O)c1-c1c(OC)cc(O)c3c1C(=O)C1=C(C3=O)C(O)C(O)C(C)(O)C1O)C(=O)c1c(cc(C)c(O)c1-c1c(OC)cc(O)c3c1C(=O)C1=C(C3=O)C(O)C(O)C(C)(O)C1O)C2=O. The van der Waals surface area contributed by atoms with Crippen molar-refractivity contribution in [2.24, 2.45) is 0 Å². The average Bonchev–Trinajstić information content (AvgIpc) is 3.30. The molecule has 0 aliphatic heterocycles. The number of aromatic hydroxyl groups is 4. The lowest BCUT2D eigenvalue weighted by Crippen LogP contribution is -2.61. The summed E-state index contributed by atoms with van der Waals surface area (Å²) in [5.74, 6) is -13.1. The first-order chi connectivity index (χ1) is 32.2. The molecule has 5 aliphatic rings. The highest BCUT2D eigenvalue weighted by atomic mass is 16.5. The molecule has 21 heteroatoms. The van der Waals surface area contributed by atoms with E-state index < -0.39 is 212 Å². The van der Waals surface area contributed by atoms with E-state index in [0.717, 1.165) is 59.4 Å². The van der Waals surface area contributed by atoms with Crippen molar-refractivity contribution < 1.29 is 104 Å². The number of ketones is 6. The Balaban J connectivity index is 1.33.